The number of carbonyl (C=O) groups is 1. The van der Waals surface area contributed by atoms with Gasteiger partial charge in [-0.3, -0.25) is 9.20 Å². The molecule has 3 aromatic rings. The quantitative estimate of drug-likeness (QED) is 0.639. The number of nitrogens with zero attached hydrogens (tertiary/aromatic N) is 4. The smallest absolute Gasteiger partial charge is 0.252 e. The Labute approximate surface area is 173 Å². The van der Waals surface area contributed by atoms with Crippen LogP contribution in [0, 0.1) is 5.82 Å². The van der Waals surface area contributed by atoms with Crippen molar-refractivity contribution < 1.29 is 17.6 Å². The van der Waals surface area contributed by atoms with Gasteiger partial charge in [0.1, 0.15) is 11.6 Å². The van der Waals surface area contributed by atoms with Crippen molar-refractivity contribution in [2.45, 2.75) is 18.8 Å². The molecule has 1 N–H and O–H groups in total. The molecule has 10 heteroatoms. The number of rotatable bonds is 6. The Bertz CT molecular complexity index is 1190. The molecule has 0 radical (unpaired) electrons. The average Bonchev–Trinajstić information content (AvgIpc) is 3.34. The summed E-state index contributed by atoms with van der Waals surface area (Å²) in [5.74, 6) is 0.00878. The van der Waals surface area contributed by atoms with Crippen molar-refractivity contribution in [2.24, 2.45) is 0 Å². The van der Waals surface area contributed by atoms with Gasteiger partial charge in [0.05, 0.1) is 11.8 Å². The summed E-state index contributed by atoms with van der Waals surface area (Å²) >= 11 is 0. The number of aromatic nitrogens is 3. The summed E-state index contributed by atoms with van der Waals surface area (Å²) in [4.78, 5) is 12.6. The minimum Gasteiger partial charge on any atom is -0.352 e. The largest absolute Gasteiger partial charge is 0.352 e. The molecule has 4 rings (SSSR count). The highest BCUT2D eigenvalue weighted by molar-refractivity contribution is 7.88. The number of fused-ring (bicyclic) bond motifs is 1. The lowest BCUT2D eigenvalue weighted by molar-refractivity contribution is 0.0953. The van der Waals surface area contributed by atoms with E-state index in [1.165, 1.54) is 22.7 Å². The Morgan fingerprint density at radius 2 is 2.10 bits per heavy atom. The standard InChI is InChI=1S/C20H22FN5O3S/c1-30(28,29)25-10-8-15(12-25)19-24-23-18-6-5-16(13-26(18)19)20(27)22-9-7-14-3-2-4-17(21)11-14/h2-6,11,13,15H,7-10,12H2,1H3,(H,22,27)/t15-/m0/s1. The fourth-order valence-electron chi connectivity index (χ4n) is 3.68. The van der Waals surface area contributed by atoms with Gasteiger partial charge in [-0.1, -0.05) is 12.1 Å². The molecule has 30 heavy (non-hydrogen) atoms. The molecule has 0 aliphatic carbocycles. The van der Waals surface area contributed by atoms with E-state index in [1.54, 1.807) is 28.8 Å². The molecule has 0 spiro atoms. The first kappa shape index (κ1) is 20.4. The molecule has 8 nitrogen and oxygen atoms in total. The zero-order chi connectivity index (χ0) is 21.3. The van der Waals surface area contributed by atoms with E-state index in [9.17, 15) is 17.6 Å². The van der Waals surface area contributed by atoms with Crippen LogP contribution in [-0.2, 0) is 16.4 Å². The number of nitrogens with one attached hydrogen (secondary N) is 1. The third-order valence-electron chi connectivity index (χ3n) is 5.26. The molecule has 1 saturated heterocycles. The monoisotopic (exact) mass is 431 g/mol. The van der Waals surface area contributed by atoms with Gasteiger partial charge in [0, 0.05) is 31.7 Å². The van der Waals surface area contributed by atoms with Gasteiger partial charge in [0.15, 0.2) is 5.65 Å². The highest BCUT2D eigenvalue weighted by Gasteiger charge is 2.32. The van der Waals surface area contributed by atoms with Crippen molar-refractivity contribution in [3.63, 3.8) is 0 Å². The second-order valence-corrected chi connectivity index (χ2v) is 9.43. The number of benzene rings is 1. The molecule has 158 valence electrons. The highest BCUT2D eigenvalue weighted by atomic mass is 32.2. The van der Waals surface area contributed by atoms with Crippen LogP contribution >= 0.6 is 0 Å². The van der Waals surface area contributed by atoms with Gasteiger partial charge in [-0.25, -0.2) is 17.1 Å². The first-order valence-electron chi connectivity index (χ1n) is 9.64. The van der Waals surface area contributed by atoms with Crippen molar-refractivity contribution in [2.75, 3.05) is 25.9 Å². The Balaban J connectivity index is 1.46. The zero-order valence-corrected chi connectivity index (χ0v) is 17.3. The fourth-order valence-corrected chi connectivity index (χ4v) is 4.56. The Hall–Kier alpha value is -2.85. The van der Waals surface area contributed by atoms with Gasteiger partial charge < -0.3 is 5.32 Å². The summed E-state index contributed by atoms with van der Waals surface area (Å²) < 4.78 is 40.0. The maximum Gasteiger partial charge on any atom is 0.252 e. The summed E-state index contributed by atoms with van der Waals surface area (Å²) in [7, 11) is -3.25. The highest BCUT2D eigenvalue weighted by Crippen LogP contribution is 2.27. The minimum absolute atomic E-state index is 0.0824. The molecule has 1 aliphatic rings. The van der Waals surface area contributed by atoms with Crippen molar-refractivity contribution in [3.8, 4) is 0 Å². The number of carbonyl (C=O) groups excluding carboxylic acids is 1. The SMILES string of the molecule is CS(=O)(=O)N1CC[C@H](c2nnc3ccc(C(=O)NCCc4cccc(F)c4)cn23)C1. The summed E-state index contributed by atoms with van der Waals surface area (Å²) in [5.41, 5.74) is 1.85. The minimum atomic E-state index is -3.25. The van der Waals surface area contributed by atoms with Crippen LogP contribution in [0.3, 0.4) is 0 Å². The van der Waals surface area contributed by atoms with Gasteiger partial charge in [-0.2, -0.15) is 0 Å². The van der Waals surface area contributed by atoms with Crippen molar-refractivity contribution >= 4 is 21.6 Å². The molecule has 1 atom stereocenters. The molecule has 1 amide bonds. The Morgan fingerprint density at radius 3 is 2.83 bits per heavy atom. The van der Waals surface area contributed by atoms with Crippen LogP contribution in [0.15, 0.2) is 42.6 Å². The second-order valence-electron chi connectivity index (χ2n) is 7.45. The Morgan fingerprint density at radius 1 is 1.27 bits per heavy atom. The van der Waals surface area contributed by atoms with Gasteiger partial charge in [-0.05, 0) is 42.7 Å². The van der Waals surface area contributed by atoms with Crippen LogP contribution < -0.4 is 5.32 Å². The summed E-state index contributed by atoms with van der Waals surface area (Å²) in [6.07, 6.45) is 4.04. The molecule has 0 saturated carbocycles. The summed E-state index contributed by atoms with van der Waals surface area (Å²) in [6, 6.07) is 9.66. The van der Waals surface area contributed by atoms with Crippen LogP contribution in [0.25, 0.3) is 5.65 Å². The van der Waals surface area contributed by atoms with E-state index in [2.05, 4.69) is 15.5 Å². The number of pyridine rings is 1. The molecule has 2 aromatic heterocycles. The van der Waals surface area contributed by atoms with E-state index in [4.69, 9.17) is 0 Å². The first-order chi connectivity index (χ1) is 14.3. The van der Waals surface area contributed by atoms with Crippen LogP contribution in [-0.4, -0.2) is 59.1 Å². The predicted octanol–water partition coefficient (Wildman–Crippen LogP) is 1.59. The fraction of sp³-hybridized carbons (Fsp3) is 0.350. The van der Waals surface area contributed by atoms with E-state index in [1.807, 2.05) is 6.07 Å². The van der Waals surface area contributed by atoms with Crippen molar-refractivity contribution in [3.05, 3.63) is 65.4 Å². The second kappa shape index (κ2) is 8.11. The van der Waals surface area contributed by atoms with Crippen LogP contribution in [0.5, 0.6) is 0 Å². The van der Waals surface area contributed by atoms with Crippen LogP contribution in [0.4, 0.5) is 4.39 Å². The normalized spacial score (nSPS) is 17.5. The van der Waals surface area contributed by atoms with E-state index < -0.39 is 10.0 Å². The van der Waals surface area contributed by atoms with Gasteiger partial charge in [-0.15, -0.1) is 10.2 Å². The summed E-state index contributed by atoms with van der Waals surface area (Å²) in [6.45, 7) is 1.17. The van der Waals surface area contributed by atoms with E-state index in [0.717, 1.165) is 5.56 Å². The van der Waals surface area contributed by atoms with Gasteiger partial charge in [0.25, 0.3) is 5.91 Å². The molecular formula is C20H22FN5O3S. The third-order valence-corrected chi connectivity index (χ3v) is 6.53. The van der Waals surface area contributed by atoms with Crippen LogP contribution in [0.2, 0.25) is 0 Å². The van der Waals surface area contributed by atoms with E-state index in [-0.39, 0.29) is 17.6 Å². The number of amides is 1. The number of sulfonamides is 1. The predicted molar refractivity (Wildman–Crippen MR) is 109 cm³/mol. The van der Waals surface area contributed by atoms with Crippen LogP contribution in [0.1, 0.15) is 34.1 Å². The Kier molecular flexibility index (Phi) is 5.52. The third kappa shape index (κ3) is 4.34. The van der Waals surface area contributed by atoms with Gasteiger partial charge >= 0.3 is 0 Å². The molecule has 3 heterocycles. The van der Waals surface area contributed by atoms with Crippen molar-refractivity contribution in [1.82, 2.24) is 24.2 Å². The number of hydrogen-bond donors (Lipinski definition) is 1. The zero-order valence-electron chi connectivity index (χ0n) is 16.5. The lowest BCUT2D eigenvalue weighted by Crippen LogP contribution is -2.27. The first-order valence-corrected chi connectivity index (χ1v) is 11.5. The maximum atomic E-state index is 13.3. The van der Waals surface area contributed by atoms with Gasteiger partial charge in [0.2, 0.25) is 10.0 Å². The maximum absolute atomic E-state index is 13.3. The van der Waals surface area contributed by atoms with E-state index >= 15 is 0 Å². The topological polar surface area (TPSA) is 96.7 Å². The molecule has 1 fully saturated rings. The van der Waals surface area contributed by atoms with Crippen molar-refractivity contribution in [1.29, 1.82) is 0 Å². The van der Waals surface area contributed by atoms with E-state index in [0.29, 0.717) is 49.5 Å². The lowest BCUT2D eigenvalue weighted by Gasteiger charge is -2.12. The molecular weight excluding hydrogens is 409 g/mol. The molecule has 0 unspecified atom stereocenters. The molecule has 1 aliphatic heterocycles. The number of hydrogen-bond acceptors (Lipinski definition) is 5. The lowest BCUT2D eigenvalue weighted by atomic mass is 10.1. The molecule has 0 bridgehead atoms. The summed E-state index contributed by atoms with van der Waals surface area (Å²) in [5, 5.41) is 11.2. The number of halogens is 1. The average molecular weight is 431 g/mol. The molecule has 1 aromatic carbocycles.